The van der Waals surface area contributed by atoms with Crippen molar-refractivity contribution in [2.24, 2.45) is 0 Å². The molecule has 1 unspecified atom stereocenters. The van der Waals surface area contributed by atoms with Gasteiger partial charge in [-0.05, 0) is 58.1 Å². The van der Waals surface area contributed by atoms with E-state index in [1.54, 1.807) is 6.92 Å². The number of fused-ring (bicyclic) bond motifs is 1. The topological polar surface area (TPSA) is 86.8 Å². The molecule has 34 heavy (non-hydrogen) atoms. The number of ether oxygens (including phenoxy) is 1. The summed E-state index contributed by atoms with van der Waals surface area (Å²) < 4.78 is 38.2. The molecule has 1 atom stereocenters. The third-order valence-corrected chi connectivity index (χ3v) is 6.03. The summed E-state index contributed by atoms with van der Waals surface area (Å²) in [5.41, 5.74) is 2.75. The van der Waals surface area contributed by atoms with E-state index in [0.29, 0.717) is 22.8 Å². The molecular formula is C25H25F2N5O2. The number of nitrogens with zero attached hydrogens (tertiary/aromatic N) is 5. The van der Waals surface area contributed by atoms with Crippen LogP contribution in [0.3, 0.4) is 0 Å². The highest BCUT2D eigenvalue weighted by atomic mass is 19.1. The molecule has 0 spiro atoms. The standard InChI is InChI=1S/C14H10F2N4.C11H15NO2/c1-7-8(2)20-14-13(19-7)12(17-6-18-14)10-4-3-9(15)5-11(10)16;1-2-6-13-9(3-1)10-7-12-11(14-10)8-4-5-8/h3-6H,1-2H3;7-9H,1-6H2. The van der Waals surface area contributed by atoms with Crippen molar-refractivity contribution in [2.75, 3.05) is 6.61 Å². The van der Waals surface area contributed by atoms with Gasteiger partial charge in [0.15, 0.2) is 17.3 Å². The Morgan fingerprint density at radius 2 is 1.76 bits per heavy atom. The number of aromatic nitrogens is 5. The zero-order chi connectivity index (χ0) is 23.7. The maximum absolute atomic E-state index is 13.9. The molecule has 0 amide bonds. The molecule has 7 nitrogen and oxygen atoms in total. The van der Waals surface area contributed by atoms with Crippen LogP contribution in [0.2, 0.25) is 0 Å². The quantitative estimate of drug-likeness (QED) is 0.379. The van der Waals surface area contributed by atoms with E-state index in [1.165, 1.54) is 44.1 Å². The maximum atomic E-state index is 13.9. The number of hydrogen-bond donors (Lipinski definition) is 0. The van der Waals surface area contributed by atoms with Gasteiger partial charge in [-0.25, -0.2) is 33.7 Å². The van der Waals surface area contributed by atoms with Crippen LogP contribution in [0.15, 0.2) is 35.1 Å². The van der Waals surface area contributed by atoms with E-state index in [4.69, 9.17) is 9.15 Å². The van der Waals surface area contributed by atoms with Crippen LogP contribution in [0.5, 0.6) is 0 Å². The monoisotopic (exact) mass is 465 g/mol. The molecule has 1 saturated heterocycles. The van der Waals surface area contributed by atoms with Gasteiger partial charge in [-0.3, -0.25) is 0 Å². The SMILES string of the molecule is Cc1nc2ncnc(-c3ccc(F)cc3F)c2nc1C.c1nc(C2CC2)oc1C1CCCCO1. The second-order valence-corrected chi connectivity index (χ2v) is 8.64. The Bertz CT molecular complexity index is 1320. The van der Waals surface area contributed by atoms with Crippen LogP contribution in [0, 0.1) is 25.5 Å². The zero-order valence-electron chi connectivity index (χ0n) is 19.1. The minimum atomic E-state index is -0.690. The van der Waals surface area contributed by atoms with Crippen molar-refractivity contribution in [1.82, 2.24) is 24.9 Å². The normalized spacial score (nSPS) is 17.9. The van der Waals surface area contributed by atoms with Gasteiger partial charge in [-0.1, -0.05) is 0 Å². The second-order valence-electron chi connectivity index (χ2n) is 8.64. The summed E-state index contributed by atoms with van der Waals surface area (Å²) in [6.07, 6.45) is 9.30. The second kappa shape index (κ2) is 9.50. The maximum Gasteiger partial charge on any atom is 0.197 e. The number of hydrogen-bond acceptors (Lipinski definition) is 7. The van der Waals surface area contributed by atoms with Crippen molar-refractivity contribution >= 4 is 11.2 Å². The first-order chi connectivity index (χ1) is 16.5. The minimum Gasteiger partial charge on any atom is -0.443 e. The van der Waals surface area contributed by atoms with Crippen molar-refractivity contribution in [3.05, 3.63) is 65.4 Å². The Kier molecular flexibility index (Phi) is 6.28. The van der Waals surface area contributed by atoms with Crippen LogP contribution in [0.1, 0.15) is 67.2 Å². The molecule has 9 heteroatoms. The third-order valence-electron chi connectivity index (χ3n) is 6.03. The molecule has 0 radical (unpaired) electrons. The average Bonchev–Trinajstić information content (AvgIpc) is 3.57. The molecule has 176 valence electrons. The Morgan fingerprint density at radius 3 is 2.50 bits per heavy atom. The van der Waals surface area contributed by atoms with Crippen molar-refractivity contribution in [2.45, 2.75) is 58.0 Å². The summed E-state index contributed by atoms with van der Waals surface area (Å²) in [6.45, 7) is 4.49. The molecule has 1 saturated carbocycles. The van der Waals surface area contributed by atoms with Crippen LogP contribution in [-0.2, 0) is 4.74 Å². The van der Waals surface area contributed by atoms with Gasteiger partial charge < -0.3 is 9.15 Å². The zero-order valence-corrected chi connectivity index (χ0v) is 19.1. The lowest BCUT2D eigenvalue weighted by atomic mass is 10.1. The van der Waals surface area contributed by atoms with Gasteiger partial charge in [0.2, 0.25) is 0 Å². The van der Waals surface area contributed by atoms with Crippen LogP contribution in [-0.4, -0.2) is 31.5 Å². The number of oxazole rings is 1. The molecule has 2 aliphatic rings. The summed E-state index contributed by atoms with van der Waals surface area (Å²) in [6, 6.07) is 3.34. The number of benzene rings is 1. The molecular weight excluding hydrogens is 440 g/mol. The molecule has 2 fully saturated rings. The van der Waals surface area contributed by atoms with Gasteiger partial charge in [-0.15, -0.1) is 0 Å². The summed E-state index contributed by atoms with van der Waals surface area (Å²) in [7, 11) is 0. The van der Waals surface area contributed by atoms with E-state index in [0.717, 1.165) is 42.1 Å². The highest BCUT2D eigenvalue weighted by molar-refractivity contribution is 5.86. The summed E-state index contributed by atoms with van der Waals surface area (Å²) in [5, 5.41) is 0. The Morgan fingerprint density at radius 1 is 0.941 bits per heavy atom. The number of halogens is 2. The van der Waals surface area contributed by atoms with Gasteiger partial charge in [-0.2, -0.15) is 0 Å². The van der Waals surface area contributed by atoms with Gasteiger partial charge in [0, 0.05) is 24.2 Å². The molecule has 6 rings (SSSR count). The van der Waals surface area contributed by atoms with Crippen molar-refractivity contribution < 1.29 is 17.9 Å². The highest BCUT2D eigenvalue weighted by Crippen LogP contribution is 2.40. The largest absolute Gasteiger partial charge is 0.443 e. The fourth-order valence-corrected chi connectivity index (χ4v) is 3.85. The molecule has 0 N–H and O–H groups in total. The fraction of sp³-hybridized carbons (Fsp3) is 0.400. The lowest BCUT2D eigenvalue weighted by molar-refractivity contribution is 0.00128. The first kappa shape index (κ1) is 22.5. The molecule has 3 aromatic heterocycles. The predicted molar refractivity (Wildman–Crippen MR) is 121 cm³/mol. The van der Waals surface area contributed by atoms with Crippen LogP contribution in [0.4, 0.5) is 8.78 Å². The van der Waals surface area contributed by atoms with E-state index in [1.807, 2.05) is 13.1 Å². The lowest BCUT2D eigenvalue weighted by Crippen LogP contribution is -2.10. The predicted octanol–water partition coefficient (Wildman–Crippen LogP) is 5.78. The Hall–Kier alpha value is -3.33. The van der Waals surface area contributed by atoms with Crippen LogP contribution >= 0.6 is 0 Å². The van der Waals surface area contributed by atoms with Gasteiger partial charge in [0.25, 0.3) is 0 Å². The van der Waals surface area contributed by atoms with E-state index >= 15 is 0 Å². The van der Waals surface area contributed by atoms with Gasteiger partial charge in [0.05, 0.1) is 17.6 Å². The summed E-state index contributed by atoms with van der Waals surface area (Å²) in [5.74, 6) is 1.14. The summed E-state index contributed by atoms with van der Waals surface area (Å²) in [4.78, 5) is 21.1. The van der Waals surface area contributed by atoms with Crippen LogP contribution in [0.25, 0.3) is 22.4 Å². The first-order valence-electron chi connectivity index (χ1n) is 11.5. The molecule has 0 bridgehead atoms. The van der Waals surface area contributed by atoms with E-state index < -0.39 is 11.6 Å². The molecule has 1 aliphatic carbocycles. The van der Waals surface area contributed by atoms with Crippen molar-refractivity contribution in [3.8, 4) is 11.3 Å². The van der Waals surface area contributed by atoms with Crippen LogP contribution < -0.4 is 0 Å². The van der Waals surface area contributed by atoms with Gasteiger partial charge >= 0.3 is 0 Å². The Labute approximate surface area is 195 Å². The molecule has 4 heterocycles. The van der Waals surface area contributed by atoms with Crippen molar-refractivity contribution in [1.29, 1.82) is 0 Å². The van der Waals surface area contributed by atoms with Gasteiger partial charge in [0.1, 0.15) is 35.3 Å². The van der Waals surface area contributed by atoms with E-state index in [9.17, 15) is 8.78 Å². The lowest BCUT2D eigenvalue weighted by Gasteiger charge is -2.19. The number of rotatable bonds is 3. The van der Waals surface area contributed by atoms with E-state index in [2.05, 4.69) is 24.9 Å². The number of aryl methyl sites for hydroxylation is 2. The minimum absolute atomic E-state index is 0.170. The highest BCUT2D eigenvalue weighted by Gasteiger charge is 2.30. The average molecular weight is 466 g/mol. The summed E-state index contributed by atoms with van der Waals surface area (Å²) >= 11 is 0. The van der Waals surface area contributed by atoms with Crippen molar-refractivity contribution in [3.63, 3.8) is 0 Å². The first-order valence-corrected chi connectivity index (χ1v) is 11.5. The fourth-order valence-electron chi connectivity index (χ4n) is 3.85. The molecule has 1 aromatic carbocycles. The smallest absolute Gasteiger partial charge is 0.197 e. The third kappa shape index (κ3) is 4.79. The molecule has 4 aromatic rings. The van der Waals surface area contributed by atoms with E-state index in [-0.39, 0.29) is 11.7 Å². The Balaban J connectivity index is 0.000000150. The molecule has 1 aliphatic heterocycles.